The van der Waals surface area contributed by atoms with E-state index in [9.17, 15) is 19.8 Å². The average molecular weight is 1110 g/mol. The third kappa shape index (κ3) is 65.1. The molecule has 6 nitrogen and oxygen atoms in total. The Balaban J connectivity index is 3.40. The van der Waals surface area contributed by atoms with Crippen LogP contribution in [-0.4, -0.2) is 47.4 Å². The molecule has 0 radical (unpaired) electrons. The van der Waals surface area contributed by atoms with E-state index in [-0.39, 0.29) is 18.5 Å². The molecule has 0 fully saturated rings. The molecule has 1 amide bonds. The Bertz CT molecular complexity index is 1280. The van der Waals surface area contributed by atoms with Crippen molar-refractivity contribution in [1.82, 2.24) is 5.32 Å². The van der Waals surface area contributed by atoms with Gasteiger partial charge in [-0.25, -0.2) is 0 Å². The molecule has 0 spiro atoms. The summed E-state index contributed by atoms with van der Waals surface area (Å²) >= 11 is 0. The summed E-state index contributed by atoms with van der Waals surface area (Å²) in [7, 11) is 0. The van der Waals surface area contributed by atoms with E-state index in [0.29, 0.717) is 19.4 Å². The Morgan fingerprint density at radius 2 is 0.646 bits per heavy atom. The normalized spacial score (nSPS) is 12.7. The summed E-state index contributed by atoms with van der Waals surface area (Å²) in [6, 6.07) is -0.629. The summed E-state index contributed by atoms with van der Waals surface area (Å²) in [6.07, 6.45) is 87.9. The highest BCUT2D eigenvalue weighted by atomic mass is 16.5. The van der Waals surface area contributed by atoms with E-state index >= 15 is 0 Å². The molecule has 6 heteroatoms. The van der Waals surface area contributed by atoms with Gasteiger partial charge in [-0.05, 0) is 57.8 Å². The lowest BCUT2D eigenvalue weighted by molar-refractivity contribution is -0.143. The van der Waals surface area contributed by atoms with Gasteiger partial charge in [0.2, 0.25) is 5.91 Å². The van der Waals surface area contributed by atoms with Crippen molar-refractivity contribution in [2.75, 3.05) is 13.2 Å². The molecule has 0 saturated carbocycles. The lowest BCUT2D eigenvalue weighted by Crippen LogP contribution is -2.45. The minimum Gasteiger partial charge on any atom is -0.466 e. The summed E-state index contributed by atoms with van der Waals surface area (Å²) < 4.78 is 5.48. The Hall–Kier alpha value is -1.92. The van der Waals surface area contributed by atoms with Crippen molar-refractivity contribution < 1.29 is 24.5 Å². The lowest BCUT2D eigenvalue weighted by Gasteiger charge is -2.20. The summed E-state index contributed by atoms with van der Waals surface area (Å²) in [4.78, 5) is 24.6. The van der Waals surface area contributed by atoms with Gasteiger partial charge in [0.15, 0.2) is 0 Å². The SMILES string of the molecule is CCCC/C=C\C/C=C\CCCCCCCC(=O)OCCCCCCCCCCCCCCCCCCCCCCCCCCC(=O)NC(CO)C(O)/C=C/CCCCCCCCCCCCCCCCCCCCCCCC. The van der Waals surface area contributed by atoms with Gasteiger partial charge in [0.1, 0.15) is 0 Å². The maximum atomic E-state index is 12.5. The fraction of sp³-hybridized carbons (Fsp3) is 0.890. The second kappa shape index (κ2) is 68.6. The molecule has 79 heavy (non-hydrogen) atoms. The molecular weight excluding hydrogens is 971 g/mol. The first kappa shape index (κ1) is 77.1. The quantitative estimate of drug-likeness (QED) is 0.0320. The highest BCUT2D eigenvalue weighted by molar-refractivity contribution is 5.76. The second-order valence-corrected chi connectivity index (χ2v) is 24.6. The van der Waals surface area contributed by atoms with Gasteiger partial charge in [-0.2, -0.15) is 0 Å². The van der Waals surface area contributed by atoms with Crippen molar-refractivity contribution in [3.63, 3.8) is 0 Å². The van der Waals surface area contributed by atoms with Crippen molar-refractivity contribution in [2.45, 2.75) is 405 Å². The Morgan fingerprint density at radius 3 is 1.00 bits per heavy atom. The van der Waals surface area contributed by atoms with Gasteiger partial charge in [-0.3, -0.25) is 9.59 Å². The molecule has 0 bridgehead atoms. The molecule has 466 valence electrons. The van der Waals surface area contributed by atoms with Gasteiger partial charge in [0.25, 0.3) is 0 Å². The molecule has 3 N–H and O–H groups in total. The van der Waals surface area contributed by atoms with Crippen LogP contribution in [0.4, 0.5) is 0 Å². The number of carbonyl (C=O) groups is 2. The Morgan fingerprint density at radius 1 is 0.354 bits per heavy atom. The molecule has 0 aliphatic rings. The zero-order valence-electron chi connectivity index (χ0n) is 53.4. The summed E-state index contributed by atoms with van der Waals surface area (Å²) in [5, 5.41) is 23.3. The van der Waals surface area contributed by atoms with Crippen molar-refractivity contribution in [3.8, 4) is 0 Å². The van der Waals surface area contributed by atoms with Crippen molar-refractivity contribution in [3.05, 3.63) is 36.5 Å². The highest BCUT2D eigenvalue weighted by Crippen LogP contribution is 2.19. The molecule has 0 heterocycles. The molecule has 0 aromatic carbocycles. The molecule has 0 aliphatic carbocycles. The number of hydrogen-bond donors (Lipinski definition) is 3. The third-order valence-corrected chi connectivity index (χ3v) is 16.7. The number of ether oxygens (including phenoxy) is 1. The number of allylic oxidation sites excluding steroid dienone is 5. The van der Waals surface area contributed by atoms with Crippen LogP contribution in [0.25, 0.3) is 0 Å². The minimum absolute atomic E-state index is 0.000873. The number of carbonyl (C=O) groups excluding carboxylic acids is 2. The van der Waals surface area contributed by atoms with Gasteiger partial charge in [-0.1, -0.05) is 359 Å². The first-order chi connectivity index (χ1) is 39.0. The van der Waals surface area contributed by atoms with Crippen LogP contribution in [0.1, 0.15) is 393 Å². The zero-order valence-corrected chi connectivity index (χ0v) is 53.4. The maximum absolute atomic E-state index is 12.5. The van der Waals surface area contributed by atoms with Crippen molar-refractivity contribution in [1.29, 1.82) is 0 Å². The van der Waals surface area contributed by atoms with Crippen LogP contribution in [0, 0.1) is 0 Å². The first-order valence-corrected chi connectivity index (χ1v) is 35.8. The molecule has 0 aromatic heterocycles. The molecule has 0 aromatic rings. The Kier molecular flexibility index (Phi) is 66.9. The monoisotopic (exact) mass is 1110 g/mol. The number of rotatable bonds is 67. The standard InChI is InChI=1S/C73H139NO5/c1-3-5-7-9-11-13-15-17-19-20-21-22-23-26-29-32-35-38-41-45-49-53-57-61-65-71(76)70(69-75)74-72(77)66-62-58-54-50-46-42-39-36-33-30-27-24-25-28-31-34-37-40-44-48-52-56-60-64-68-79-73(78)67-63-59-55-51-47-43-18-16-14-12-10-8-6-4-2/h10,12,16,18,61,65,70-71,75-76H,3-9,11,13-15,17,19-60,62-64,66-69H2,1-2H3,(H,74,77)/b12-10-,18-16-,65-61+. The third-order valence-electron chi connectivity index (χ3n) is 16.7. The molecular formula is C73H139NO5. The summed E-state index contributed by atoms with van der Waals surface area (Å²) in [5.74, 6) is -0.0619. The largest absolute Gasteiger partial charge is 0.466 e. The Labute approximate surface area is 494 Å². The van der Waals surface area contributed by atoms with Gasteiger partial charge in [0, 0.05) is 12.8 Å². The first-order valence-electron chi connectivity index (χ1n) is 35.8. The van der Waals surface area contributed by atoms with E-state index in [1.54, 1.807) is 6.08 Å². The van der Waals surface area contributed by atoms with E-state index in [2.05, 4.69) is 43.5 Å². The van der Waals surface area contributed by atoms with Crippen LogP contribution in [0.3, 0.4) is 0 Å². The van der Waals surface area contributed by atoms with E-state index < -0.39 is 12.1 Å². The molecule has 0 aliphatic heterocycles. The maximum Gasteiger partial charge on any atom is 0.305 e. The predicted octanol–water partition coefficient (Wildman–Crippen LogP) is 23.1. The number of unbranched alkanes of at least 4 members (excludes halogenated alkanes) is 52. The van der Waals surface area contributed by atoms with E-state index in [1.807, 2.05) is 6.08 Å². The second-order valence-electron chi connectivity index (χ2n) is 24.6. The van der Waals surface area contributed by atoms with E-state index in [4.69, 9.17) is 4.74 Å². The molecule has 2 atom stereocenters. The van der Waals surface area contributed by atoms with Gasteiger partial charge < -0.3 is 20.3 Å². The van der Waals surface area contributed by atoms with Crippen LogP contribution >= 0.6 is 0 Å². The van der Waals surface area contributed by atoms with Gasteiger partial charge >= 0.3 is 5.97 Å². The number of aliphatic hydroxyl groups is 2. The smallest absolute Gasteiger partial charge is 0.305 e. The minimum atomic E-state index is -0.846. The average Bonchev–Trinajstić information content (AvgIpc) is 3.45. The fourth-order valence-electron chi connectivity index (χ4n) is 11.2. The highest BCUT2D eigenvalue weighted by Gasteiger charge is 2.18. The van der Waals surface area contributed by atoms with E-state index in [0.717, 1.165) is 51.4 Å². The predicted molar refractivity (Wildman–Crippen MR) is 347 cm³/mol. The van der Waals surface area contributed by atoms with Crippen LogP contribution in [0.2, 0.25) is 0 Å². The number of aliphatic hydroxyl groups excluding tert-OH is 2. The molecule has 0 rings (SSSR count). The summed E-state index contributed by atoms with van der Waals surface area (Å²) in [6.45, 7) is 4.89. The lowest BCUT2D eigenvalue weighted by atomic mass is 10.0. The number of nitrogens with one attached hydrogen (secondary N) is 1. The molecule has 2 unspecified atom stereocenters. The van der Waals surface area contributed by atoms with Crippen LogP contribution in [0.5, 0.6) is 0 Å². The van der Waals surface area contributed by atoms with Gasteiger partial charge in [0.05, 0.1) is 25.4 Å². The van der Waals surface area contributed by atoms with Crippen LogP contribution in [0.15, 0.2) is 36.5 Å². The topological polar surface area (TPSA) is 95.9 Å². The molecule has 0 saturated heterocycles. The van der Waals surface area contributed by atoms with Crippen molar-refractivity contribution in [2.24, 2.45) is 0 Å². The van der Waals surface area contributed by atoms with Gasteiger partial charge in [-0.15, -0.1) is 0 Å². The van der Waals surface area contributed by atoms with Crippen LogP contribution < -0.4 is 5.32 Å². The fourth-order valence-corrected chi connectivity index (χ4v) is 11.2. The summed E-state index contributed by atoms with van der Waals surface area (Å²) in [5.41, 5.74) is 0. The number of amides is 1. The number of esters is 1. The zero-order chi connectivity index (χ0) is 57.1. The van der Waals surface area contributed by atoms with E-state index in [1.165, 1.54) is 315 Å². The number of hydrogen-bond acceptors (Lipinski definition) is 5. The van der Waals surface area contributed by atoms with Crippen LogP contribution in [-0.2, 0) is 14.3 Å². The van der Waals surface area contributed by atoms with Crippen molar-refractivity contribution >= 4 is 11.9 Å².